The first kappa shape index (κ1) is 16.1. The van der Waals surface area contributed by atoms with Crippen LogP contribution < -0.4 is 5.32 Å². The van der Waals surface area contributed by atoms with Crippen molar-refractivity contribution in [3.63, 3.8) is 0 Å². The van der Waals surface area contributed by atoms with Crippen molar-refractivity contribution >= 4 is 11.8 Å². The van der Waals surface area contributed by atoms with E-state index in [2.05, 4.69) is 43.0 Å². The van der Waals surface area contributed by atoms with Gasteiger partial charge in [-0.2, -0.15) is 0 Å². The maximum atomic E-state index is 5.66. The summed E-state index contributed by atoms with van der Waals surface area (Å²) < 4.78 is 11.3. The summed E-state index contributed by atoms with van der Waals surface area (Å²) >= 11 is 0. The topological polar surface area (TPSA) is 55.2 Å². The summed E-state index contributed by atoms with van der Waals surface area (Å²) in [6.45, 7) is 10.1. The molecule has 0 saturated carbocycles. The van der Waals surface area contributed by atoms with Gasteiger partial charge in [-0.05, 0) is 24.7 Å². The molecule has 0 radical (unpaired) electrons. The van der Waals surface area contributed by atoms with Crippen LogP contribution in [0.1, 0.15) is 40.5 Å². The maximum Gasteiger partial charge on any atom is 0.210 e. The number of ether oxygens (including phenoxy) is 2. The molecule has 0 aromatic rings. The molecule has 5 heteroatoms. The minimum Gasteiger partial charge on any atom is -0.476 e. The smallest absolute Gasteiger partial charge is 0.210 e. The molecule has 3 aliphatic rings. The van der Waals surface area contributed by atoms with Gasteiger partial charge in [0.05, 0.1) is 12.1 Å². The van der Waals surface area contributed by atoms with E-state index in [-0.39, 0.29) is 12.1 Å². The summed E-state index contributed by atoms with van der Waals surface area (Å²) in [6, 6.07) is 0.569. The third kappa shape index (κ3) is 3.95. The Morgan fingerprint density at radius 3 is 1.65 bits per heavy atom. The van der Waals surface area contributed by atoms with E-state index in [9.17, 15) is 0 Å². The first-order chi connectivity index (χ1) is 11.0. The van der Waals surface area contributed by atoms with Crippen molar-refractivity contribution in [3.05, 3.63) is 23.5 Å². The van der Waals surface area contributed by atoms with Crippen LogP contribution in [-0.4, -0.2) is 37.1 Å². The molecule has 126 valence electrons. The summed E-state index contributed by atoms with van der Waals surface area (Å²) in [4.78, 5) is 9.24. The van der Waals surface area contributed by atoms with Gasteiger partial charge in [0, 0.05) is 23.5 Å². The second-order valence-corrected chi connectivity index (χ2v) is 7.14. The molecule has 3 rings (SSSR count). The zero-order valence-corrected chi connectivity index (χ0v) is 14.5. The highest BCUT2D eigenvalue weighted by molar-refractivity contribution is 5.91. The Morgan fingerprint density at radius 1 is 0.870 bits per heavy atom. The molecule has 2 atom stereocenters. The molecule has 23 heavy (non-hydrogen) atoms. The molecule has 3 heterocycles. The quantitative estimate of drug-likeness (QED) is 0.867. The highest BCUT2D eigenvalue weighted by Crippen LogP contribution is 2.22. The number of rotatable bonds is 4. The Bertz CT molecular complexity index is 523. The molecule has 1 N–H and O–H groups in total. The normalized spacial score (nSPS) is 30.7. The minimum atomic E-state index is 0.285. The van der Waals surface area contributed by atoms with Crippen LogP contribution in [0.2, 0.25) is 0 Å². The molecule has 0 unspecified atom stereocenters. The molecule has 0 bridgehead atoms. The van der Waals surface area contributed by atoms with E-state index in [1.54, 1.807) is 0 Å². The van der Waals surface area contributed by atoms with Gasteiger partial charge in [-0.1, -0.05) is 27.7 Å². The van der Waals surface area contributed by atoms with Crippen molar-refractivity contribution in [2.45, 2.75) is 52.6 Å². The average Bonchev–Trinajstić information content (AvgIpc) is 3.21. The minimum absolute atomic E-state index is 0.285. The lowest BCUT2D eigenvalue weighted by Gasteiger charge is -2.06. The summed E-state index contributed by atoms with van der Waals surface area (Å²) in [5.41, 5.74) is 2.30. The molecular formula is C18H27N3O2. The number of allylic oxidation sites excluding steroid dienone is 2. The Labute approximate surface area is 138 Å². The van der Waals surface area contributed by atoms with Crippen LogP contribution in [0.25, 0.3) is 0 Å². The number of aliphatic imine (C=N–C) groups is 2. The van der Waals surface area contributed by atoms with Gasteiger partial charge in [0.1, 0.15) is 13.2 Å². The molecular weight excluding hydrogens is 290 g/mol. The number of hydrogen-bond donors (Lipinski definition) is 1. The standard InChI is InChI=1S/C18H27N3O2/c1-11(2)15-9-22-17(20-15)7-13-5-6-14(19-13)8-18-21-16(10-23-18)12(3)4/h7-8,11-12,15-16,19H,5-6,9-10H2,1-4H3/b13-7-,14-8?/t15-,16-/m1/s1. The van der Waals surface area contributed by atoms with Crippen LogP contribution in [0.15, 0.2) is 33.5 Å². The van der Waals surface area contributed by atoms with E-state index in [0.717, 1.165) is 36.0 Å². The van der Waals surface area contributed by atoms with Crippen molar-refractivity contribution in [3.8, 4) is 0 Å². The van der Waals surface area contributed by atoms with Crippen molar-refractivity contribution < 1.29 is 9.47 Å². The maximum absolute atomic E-state index is 5.66. The van der Waals surface area contributed by atoms with Gasteiger partial charge in [-0.3, -0.25) is 0 Å². The number of nitrogens with one attached hydrogen (secondary N) is 1. The second kappa shape index (κ2) is 6.77. The third-order valence-corrected chi connectivity index (χ3v) is 4.51. The zero-order valence-electron chi connectivity index (χ0n) is 14.5. The molecule has 1 saturated heterocycles. The molecule has 0 spiro atoms. The van der Waals surface area contributed by atoms with Crippen molar-refractivity contribution in [2.24, 2.45) is 21.8 Å². The van der Waals surface area contributed by atoms with Crippen LogP contribution in [0, 0.1) is 11.8 Å². The Morgan fingerprint density at radius 2 is 1.30 bits per heavy atom. The van der Waals surface area contributed by atoms with E-state index in [1.807, 2.05) is 12.2 Å². The molecule has 0 aromatic carbocycles. The number of nitrogens with zero attached hydrogens (tertiary/aromatic N) is 2. The van der Waals surface area contributed by atoms with E-state index >= 15 is 0 Å². The summed E-state index contributed by atoms with van der Waals surface area (Å²) in [5, 5.41) is 3.43. The predicted molar refractivity (Wildman–Crippen MR) is 92.6 cm³/mol. The lowest BCUT2D eigenvalue weighted by atomic mass is 10.1. The van der Waals surface area contributed by atoms with E-state index in [1.165, 1.54) is 0 Å². The van der Waals surface area contributed by atoms with Gasteiger partial charge in [-0.25, -0.2) is 9.98 Å². The summed E-state index contributed by atoms with van der Waals surface area (Å²) in [5.74, 6) is 2.54. The first-order valence-corrected chi connectivity index (χ1v) is 8.60. The third-order valence-electron chi connectivity index (χ3n) is 4.51. The molecule has 0 aliphatic carbocycles. The fourth-order valence-electron chi connectivity index (χ4n) is 2.77. The van der Waals surface area contributed by atoms with E-state index in [0.29, 0.717) is 25.0 Å². The SMILES string of the molecule is CC(C)[C@H]1COC(C=C2CC/C(=C/C3=N[C@@H](C(C)C)CO3)N2)=N1. The largest absolute Gasteiger partial charge is 0.476 e. The highest BCUT2D eigenvalue weighted by atomic mass is 16.5. The molecule has 0 amide bonds. The van der Waals surface area contributed by atoms with Crippen LogP contribution in [-0.2, 0) is 9.47 Å². The number of hydrogen-bond acceptors (Lipinski definition) is 5. The van der Waals surface area contributed by atoms with Crippen molar-refractivity contribution in [1.29, 1.82) is 0 Å². The lowest BCUT2D eigenvalue weighted by molar-refractivity contribution is 0.292. The summed E-state index contributed by atoms with van der Waals surface area (Å²) in [7, 11) is 0. The van der Waals surface area contributed by atoms with Crippen LogP contribution in [0.5, 0.6) is 0 Å². The van der Waals surface area contributed by atoms with E-state index < -0.39 is 0 Å². The summed E-state index contributed by atoms with van der Waals surface area (Å²) in [6.07, 6.45) is 6.00. The van der Waals surface area contributed by atoms with Crippen molar-refractivity contribution in [2.75, 3.05) is 13.2 Å². The van der Waals surface area contributed by atoms with Gasteiger partial charge in [0.15, 0.2) is 0 Å². The molecule has 0 aromatic heterocycles. The monoisotopic (exact) mass is 317 g/mol. The fourth-order valence-corrected chi connectivity index (χ4v) is 2.77. The first-order valence-electron chi connectivity index (χ1n) is 8.60. The van der Waals surface area contributed by atoms with Gasteiger partial charge >= 0.3 is 0 Å². The Balaban J connectivity index is 1.61. The predicted octanol–water partition coefficient (Wildman–Crippen LogP) is 3.04. The van der Waals surface area contributed by atoms with Gasteiger partial charge in [0.2, 0.25) is 11.8 Å². The molecule has 1 fully saturated rings. The molecule has 3 aliphatic heterocycles. The van der Waals surface area contributed by atoms with Crippen LogP contribution >= 0.6 is 0 Å². The van der Waals surface area contributed by atoms with Gasteiger partial charge in [-0.15, -0.1) is 0 Å². The highest BCUT2D eigenvalue weighted by Gasteiger charge is 2.23. The Hall–Kier alpha value is -1.78. The Kier molecular flexibility index (Phi) is 4.74. The van der Waals surface area contributed by atoms with Gasteiger partial charge < -0.3 is 14.8 Å². The molecule has 5 nitrogen and oxygen atoms in total. The second-order valence-electron chi connectivity index (χ2n) is 7.14. The van der Waals surface area contributed by atoms with Gasteiger partial charge in [0.25, 0.3) is 0 Å². The van der Waals surface area contributed by atoms with Crippen molar-refractivity contribution in [1.82, 2.24) is 5.32 Å². The van der Waals surface area contributed by atoms with Crippen LogP contribution in [0.3, 0.4) is 0 Å². The fraction of sp³-hybridized carbons (Fsp3) is 0.667. The van der Waals surface area contributed by atoms with Crippen LogP contribution in [0.4, 0.5) is 0 Å². The lowest BCUT2D eigenvalue weighted by Crippen LogP contribution is -2.13. The zero-order chi connectivity index (χ0) is 16.4. The average molecular weight is 317 g/mol. The van der Waals surface area contributed by atoms with E-state index in [4.69, 9.17) is 9.47 Å².